The molecule has 2 N–H and O–H groups in total. The van der Waals surface area contributed by atoms with Gasteiger partial charge in [-0.1, -0.05) is 49.6 Å². The van der Waals surface area contributed by atoms with E-state index in [-0.39, 0.29) is 12.5 Å². The van der Waals surface area contributed by atoms with Crippen LogP contribution in [0.3, 0.4) is 0 Å². The van der Waals surface area contributed by atoms with Crippen molar-refractivity contribution in [1.82, 2.24) is 15.5 Å². The fourth-order valence-electron chi connectivity index (χ4n) is 2.85. The minimum Gasteiger partial charge on any atom is -0.356 e. The predicted molar refractivity (Wildman–Crippen MR) is 99.2 cm³/mol. The molecule has 0 saturated heterocycles. The molecule has 1 fully saturated rings. The molecule has 0 radical (unpaired) electrons. The maximum Gasteiger partial charge on any atom is 0.243 e. The number of benzene rings is 1. The number of guanidine groups is 1. The Morgan fingerprint density at radius 2 is 1.88 bits per heavy atom. The van der Waals surface area contributed by atoms with Crippen LogP contribution >= 0.6 is 0 Å². The highest BCUT2D eigenvalue weighted by molar-refractivity contribution is 5.84. The number of nitrogens with zero attached hydrogens (tertiary/aromatic N) is 2. The van der Waals surface area contributed by atoms with Crippen molar-refractivity contribution in [3.63, 3.8) is 0 Å². The fraction of sp³-hybridized carbons (Fsp3) is 0.579. The Labute approximate surface area is 145 Å². The van der Waals surface area contributed by atoms with Crippen LogP contribution in [0.4, 0.5) is 0 Å². The van der Waals surface area contributed by atoms with Crippen LogP contribution in [0.25, 0.3) is 0 Å². The van der Waals surface area contributed by atoms with Crippen LogP contribution in [0, 0.1) is 0 Å². The first-order chi connectivity index (χ1) is 11.6. The Balaban J connectivity index is 1.88. The molecule has 1 aromatic rings. The average molecular weight is 330 g/mol. The van der Waals surface area contributed by atoms with Gasteiger partial charge in [-0.25, -0.2) is 4.99 Å². The Morgan fingerprint density at radius 3 is 2.54 bits per heavy atom. The summed E-state index contributed by atoms with van der Waals surface area (Å²) in [5.74, 6) is 0.774. The van der Waals surface area contributed by atoms with Gasteiger partial charge in [0.25, 0.3) is 0 Å². The van der Waals surface area contributed by atoms with Gasteiger partial charge in [-0.15, -0.1) is 0 Å². The highest BCUT2D eigenvalue weighted by Crippen LogP contribution is 2.17. The summed E-state index contributed by atoms with van der Waals surface area (Å²) in [7, 11) is 3.52. The van der Waals surface area contributed by atoms with Gasteiger partial charge < -0.3 is 15.5 Å². The molecular formula is C19H30N4O. The number of hydrogen-bond donors (Lipinski definition) is 2. The molecule has 1 saturated carbocycles. The van der Waals surface area contributed by atoms with Crippen molar-refractivity contribution < 1.29 is 4.79 Å². The van der Waals surface area contributed by atoms with E-state index in [9.17, 15) is 4.79 Å². The summed E-state index contributed by atoms with van der Waals surface area (Å²) >= 11 is 0. The SMILES string of the molecule is CN(C)C(=O)CN=C(NCCc1ccccc1)NC1CCCCC1. The van der Waals surface area contributed by atoms with E-state index in [1.165, 1.54) is 37.7 Å². The van der Waals surface area contributed by atoms with Crippen LogP contribution in [-0.2, 0) is 11.2 Å². The highest BCUT2D eigenvalue weighted by atomic mass is 16.2. The van der Waals surface area contributed by atoms with Gasteiger partial charge in [0.1, 0.15) is 6.54 Å². The van der Waals surface area contributed by atoms with Gasteiger partial charge in [0, 0.05) is 26.7 Å². The predicted octanol–water partition coefficient (Wildman–Crippen LogP) is 2.19. The monoisotopic (exact) mass is 330 g/mol. The van der Waals surface area contributed by atoms with Crippen molar-refractivity contribution in [3.05, 3.63) is 35.9 Å². The third kappa shape index (κ3) is 6.60. The van der Waals surface area contributed by atoms with E-state index in [0.717, 1.165) is 18.9 Å². The third-order valence-electron chi connectivity index (χ3n) is 4.37. The number of aliphatic imine (C=N–C) groups is 1. The lowest BCUT2D eigenvalue weighted by Gasteiger charge is -2.25. The molecule has 1 aliphatic carbocycles. The first kappa shape index (κ1) is 18.3. The number of carbonyl (C=O) groups is 1. The maximum absolute atomic E-state index is 11.8. The van der Waals surface area contributed by atoms with Crippen molar-refractivity contribution in [3.8, 4) is 0 Å². The topological polar surface area (TPSA) is 56.7 Å². The van der Waals surface area contributed by atoms with Crippen molar-refractivity contribution in [2.24, 2.45) is 4.99 Å². The standard InChI is InChI=1S/C19H30N4O/c1-23(2)18(24)15-21-19(22-17-11-7-4-8-12-17)20-14-13-16-9-5-3-6-10-16/h3,5-6,9-10,17H,4,7-8,11-15H2,1-2H3,(H2,20,21,22). The van der Waals surface area contributed by atoms with E-state index in [0.29, 0.717) is 6.04 Å². The van der Waals surface area contributed by atoms with Crippen LogP contribution in [0.5, 0.6) is 0 Å². The first-order valence-corrected chi connectivity index (χ1v) is 8.94. The highest BCUT2D eigenvalue weighted by Gasteiger charge is 2.15. The smallest absolute Gasteiger partial charge is 0.243 e. The van der Waals surface area contributed by atoms with Gasteiger partial charge in [-0.05, 0) is 24.8 Å². The van der Waals surface area contributed by atoms with E-state index in [1.54, 1.807) is 19.0 Å². The second kappa shape index (κ2) is 9.96. The molecule has 0 unspecified atom stereocenters. The molecule has 24 heavy (non-hydrogen) atoms. The van der Waals surface area contributed by atoms with Gasteiger partial charge in [0.15, 0.2) is 5.96 Å². The van der Waals surface area contributed by atoms with Crippen molar-refractivity contribution in [2.45, 2.75) is 44.6 Å². The number of rotatable bonds is 6. The van der Waals surface area contributed by atoms with E-state index < -0.39 is 0 Å². The van der Waals surface area contributed by atoms with Crippen LogP contribution in [-0.4, -0.2) is 50.0 Å². The number of hydrogen-bond acceptors (Lipinski definition) is 2. The van der Waals surface area contributed by atoms with Gasteiger partial charge in [-0.3, -0.25) is 4.79 Å². The normalized spacial score (nSPS) is 15.8. The zero-order valence-corrected chi connectivity index (χ0v) is 14.9. The minimum atomic E-state index is 0.0165. The Morgan fingerprint density at radius 1 is 1.17 bits per heavy atom. The lowest BCUT2D eigenvalue weighted by atomic mass is 9.96. The molecule has 2 rings (SSSR count). The number of amides is 1. The third-order valence-corrected chi connectivity index (χ3v) is 4.37. The quantitative estimate of drug-likeness (QED) is 0.621. The van der Waals surface area contributed by atoms with Gasteiger partial charge in [-0.2, -0.15) is 0 Å². The largest absolute Gasteiger partial charge is 0.356 e. The lowest BCUT2D eigenvalue weighted by Crippen LogP contribution is -2.45. The van der Waals surface area contributed by atoms with Crippen LogP contribution < -0.4 is 10.6 Å². The van der Waals surface area contributed by atoms with Crippen LogP contribution in [0.1, 0.15) is 37.7 Å². The molecule has 0 heterocycles. The van der Waals surface area contributed by atoms with E-state index >= 15 is 0 Å². The summed E-state index contributed by atoms with van der Waals surface area (Å²) < 4.78 is 0. The summed E-state index contributed by atoms with van der Waals surface area (Å²) in [6.45, 7) is 0.985. The van der Waals surface area contributed by atoms with E-state index in [1.807, 2.05) is 6.07 Å². The Kier molecular flexibility index (Phi) is 7.59. The molecule has 1 amide bonds. The number of carbonyl (C=O) groups excluding carboxylic acids is 1. The minimum absolute atomic E-state index is 0.0165. The second-order valence-corrected chi connectivity index (χ2v) is 6.59. The lowest BCUT2D eigenvalue weighted by molar-refractivity contribution is -0.127. The van der Waals surface area contributed by atoms with Gasteiger partial charge >= 0.3 is 0 Å². The molecule has 1 aromatic carbocycles. The zero-order valence-electron chi connectivity index (χ0n) is 14.9. The van der Waals surface area contributed by atoms with Crippen LogP contribution in [0.15, 0.2) is 35.3 Å². The van der Waals surface area contributed by atoms with E-state index in [4.69, 9.17) is 0 Å². The number of likely N-dealkylation sites (N-methyl/N-ethyl adjacent to an activating group) is 1. The first-order valence-electron chi connectivity index (χ1n) is 8.94. The summed E-state index contributed by atoms with van der Waals surface area (Å²) in [4.78, 5) is 17.8. The van der Waals surface area contributed by atoms with E-state index in [2.05, 4.69) is 39.9 Å². The molecule has 0 bridgehead atoms. The average Bonchev–Trinajstić information content (AvgIpc) is 2.61. The molecule has 5 heteroatoms. The summed E-state index contributed by atoms with van der Waals surface area (Å²) in [5.41, 5.74) is 1.30. The molecule has 0 aromatic heterocycles. The molecule has 132 valence electrons. The van der Waals surface area contributed by atoms with Crippen LogP contribution in [0.2, 0.25) is 0 Å². The Bertz CT molecular complexity index is 521. The summed E-state index contributed by atoms with van der Waals surface area (Å²) in [5, 5.41) is 6.88. The maximum atomic E-state index is 11.8. The zero-order chi connectivity index (χ0) is 17.2. The van der Waals surface area contributed by atoms with Gasteiger partial charge in [0.05, 0.1) is 0 Å². The van der Waals surface area contributed by atoms with Gasteiger partial charge in [0.2, 0.25) is 5.91 Å². The van der Waals surface area contributed by atoms with Crippen molar-refractivity contribution in [2.75, 3.05) is 27.2 Å². The van der Waals surface area contributed by atoms with Crippen molar-refractivity contribution in [1.29, 1.82) is 0 Å². The fourth-order valence-corrected chi connectivity index (χ4v) is 2.85. The Hall–Kier alpha value is -2.04. The summed E-state index contributed by atoms with van der Waals surface area (Å²) in [6.07, 6.45) is 7.16. The summed E-state index contributed by atoms with van der Waals surface area (Å²) in [6, 6.07) is 10.9. The molecule has 5 nitrogen and oxygen atoms in total. The van der Waals surface area contributed by atoms with Crippen molar-refractivity contribution >= 4 is 11.9 Å². The molecule has 1 aliphatic rings. The number of nitrogens with one attached hydrogen (secondary N) is 2. The molecular weight excluding hydrogens is 300 g/mol. The second-order valence-electron chi connectivity index (χ2n) is 6.59. The molecule has 0 atom stereocenters. The molecule has 0 aliphatic heterocycles. The molecule has 0 spiro atoms.